The molecule has 7 nitrogen and oxygen atoms in total. The van der Waals surface area contributed by atoms with Crippen LogP contribution in [0.1, 0.15) is 33.8 Å². The number of pyridine rings is 1. The Morgan fingerprint density at radius 2 is 2.00 bits per heavy atom. The van der Waals surface area contributed by atoms with Crippen LogP contribution >= 0.6 is 0 Å². The summed E-state index contributed by atoms with van der Waals surface area (Å²) in [6.07, 6.45) is 0.440. The molecule has 2 aromatic heterocycles. The summed E-state index contributed by atoms with van der Waals surface area (Å²) in [6.45, 7) is 1.62. The van der Waals surface area contributed by atoms with E-state index in [-0.39, 0.29) is 11.6 Å². The minimum atomic E-state index is -1.04. The Morgan fingerprint density at radius 3 is 2.64 bits per heavy atom. The van der Waals surface area contributed by atoms with Gasteiger partial charge in [0, 0.05) is 6.07 Å². The van der Waals surface area contributed by atoms with Crippen LogP contribution < -0.4 is 10.1 Å². The highest BCUT2D eigenvalue weighted by atomic mass is 16.5. The zero-order valence-electron chi connectivity index (χ0n) is 13.8. The molecule has 7 heteroatoms. The van der Waals surface area contributed by atoms with Gasteiger partial charge in [-0.1, -0.05) is 30.3 Å². The van der Waals surface area contributed by atoms with Gasteiger partial charge < -0.3 is 19.6 Å². The largest absolute Gasteiger partial charge is 0.481 e. The number of hydrogen-bond donors (Lipinski definition) is 2. The third-order valence-corrected chi connectivity index (χ3v) is 3.58. The van der Waals surface area contributed by atoms with Crippen molar-refractivity contribution in [1.82, 2.24) is 9.97 Å². The maximum Gasteiger partial charge on any atom is 0.277 e. The van der Waals surface area contributed by atoms with E-state index in [4.69, 9.17) is 9.15 Å². The van der Waals surface area contributed by atoms with Crippen molar-refractivity contribution in [2.45, 2.75) is 13.0 Å². The van der Waals surface area contributed by atoms with E-state index in [2.05, 4.69) is 15.3 Å². The molecule has 0 fully saturated rings. The minimum absolute atomic E-state index is 0.0710. The van der Waals surface area contributed by atoms with Crippen LogP contribution in [0.5, 0.6) is 5.88 Å². The van der Waals surface area contributed by atoms with Crippen molar-refractivity contribution in [1.29, 1.82) is 0 Å². The van der Waals surface area contributed by atoms with E-state index < -0.39 is 12.0 Å². The van der Waals surface area contributed by atoms with Crippen LogP contribution in [0.4, 0.5) is 5.69 Å². The molecule has 0 saturated carbocycles. The van der Waals surface area contributed by atoms with Crippen LogP contribution in [0.25, 0.3) is 0 Å². The smallest absolute Gasteiger partial charge is 0.277 e. The third-order valence-electron chi connectivity index (χ3n) is 3.58. The van der Waals surface area contributed by atoms with Gasteiger partial charge in [0.25, 0.3) is 5.91 Å². The van der Waals surface area contributed by atoms with Crippen molar-refractivity contribution in [3.63, 3.8) is 0 Å². The molecule has 2 heterocycles. The highest BCUT2D eigenvalue weighted by molar-refractivity contribution is 6.03. The first kappa shape index (κ1) is 16.7. The average Bonchev–Trinajstić information content (AvgIpc) is 3.04. The lowest BCUT2D eigenvalue weighted by molar-refractivity contribution is 0.102. The predicted octanol–water partition coefficient (Wildman–Crippen LogP) is 2.72. The number of hydrogen-bond acceptors (Lipinski definition) is 6. The second-order valence-corrected chi connectivity index (χ2v) is 5.31. The van der Waals surface area contributed by atoms with Gasteiger partial charge in [0.1, 0.15) is 5.76 Å². The quantitative estimate of drug-likeness (QED) is 0.742. The van der Waals surface area contributed by atoms with Crippen molar-refractivity contribution in [2.24, 2.45) is 0 Å². The van der Waals surface area contributed by atoms with Crippen LogP contribution in [0.15, 0.2) is 53.1 Å². The molecule has 25 heavy (non-hydrogen) atoms. The van der Waals surface area contributed by atoms with Crippen molar-refractivity contribution in [3.05, 3.63) is 71.6 Å². The van der Waals surface area contributed by atoms with E-state index in [1.807, 2.05) is 6.07 Å². The number of carbonyl (C=O) groups excluding carboxylic acids is 1. The number of aromatic nitrogens is 2. The molecule has 128 valence electrons. The first-order valence-electron chi connectivity index (χ1n) is 7.60. The van der Waals surface area contributed by atoms with Gasteiger partial charge in [-0.2, -0.15) is 0 Å². The summed E-state index contributed by atoms with van der Waals surface area (Å²) < 4.78 is 10.4. The molecule has 1 aromatic carbocycles. The molecule has 2 N–H and O–H groups in total. The summed E-state index contributed by atoms with van der Waals surface area (Å²) in [5, 5.41) is 13.0. The molecule has 0 aliphatic carbocycles. The number of ether oxygens (including phenoxy) is 1. The lowest BCUT2D eigenvalue weighted by Gasteiger charge is -2.05. The molecule has 3 aromatic rings. The van der Waals surface area contributed by atoms with Gasteiger partial charge in [0.15, 0.2) is 11.8 Å². The molecule has 1 atom stereocenters. The van der Waals surface area contributed by atoms with E-state index in [1.54, 1.807) is 43.3 Å². The van der Waals surface area contributed by atoms with Gasteiger partial charge in [0.05, 0.1) is 19.0 Å². The second-order valence-electron chi connectivity index (χ2n) is 5.31. The first-order valence-corrected chi connectivity index (χ1v) is 7.60. The number of aryl methyl sites for hydroxylation is 1. The van der Waals surface area contributed by atoms with Gasteiger partial charge in [-0.15, -0.1) is 0 Å². The number of benzene rings is 1. The number of carbonyl (C=O) groups is 1. The summed E-state index contributed by atoms with van der Waals surface area (Å²) in [4.78, 5) is 20.5. The molecule has 0 aliphatic heterocycles. The molecule has 1 unspecified atom stereocenters. The maximum atomic E-state index is 12.4. The predicted molar refractivity (Wildman–Crippen MR) is 90.5 cm³/mol. The van der Waals surface area contributed by atoms with Crippen LogP contribution in [0.3, 0.4) is 0 Å². The summed E-state index contributed by atoms with van der Waals surface area (Å²) >= 11 is 0. The number of amides is 1. The molecule has 1 amide bonds. The fraction of sp³-hybridized carbons (Fsp3) is 0.167. The highest BCUT2D eigenvalue weighted by Gasteiger charge is 2.22. The van der Waals surface area contributed by atoms with E-state index in [9.17, 15) is 9.90 Å². The topological polar surface area (TPSA) is 97.5 Å². The Morgan fingerprint density at radius 1 is 1.24 bits per heavy atom. The average molecular weight is 339 g/mol. The Kier molecular flexibility index (Phi) is 4.76. The first-order chi connectivity index (χ1) is 12.1. The summed E-state index contributed by atoms with van der Waals surface area (Å²) in [5.74, 6) is 0.397. The Labute approximate surface area is 144 Å². The van der Waals surface area contributed by atoms with Crippen molar-refractivity contribution in [2.75, 3.05) is 12.4 Å². The van der Waals surface area contributed by atoms with Crippen LogP contribution in [0, 0.1) is 6.92 Å². The molecule has 0 bridgehead atoms. The number of methoxy groups -OCH3 is 1. The Hall–Kier alpha value is -3.19. The number of rotatable bonds is 5. The SMILES string of the molecule is COc1ccc(NC(=O)c2nc(C(O)c3ccccc3)oc2C)cn1. The van der Waals surface area contributed by atoms with Crippen molar-refractivity contribution < 1.29 is 19.1 Å². The Balaban J connectivity index is 1.78. The van der Waals surface area contributed by atoms with Gasteiger partial charge >= 0.3 is 0 Å². The summed E-state index contributed by atoms with van der Waals surface area (Å²) in [6, 6.07) is 12.3. The normalized spacial score (nSPS) is 11.8. The minimum Gasteiger partial charge on any atom is -0.481 e. The van der Waals surface area contributed by atoms with Crippen LogP contribution in [0.2, 0.25) is 0 Å². The lowest BCUT2D eigenvalue weighted by Crippen LogP contribution is -2.14. The number of oxazole rings is 1. The van der Waals surface area contributed by atoms with E-state index in [0.717, 1.165) is 0 Å². The van der Waals surface area contributed by atoms with Gasteiger partial charge in [0.2, 0.25) is 11.8 Å². The van der Waals surface area contributed by atoms with Crippen molar-refractivity contribution >= 4 is 11.6 Å². The molecule has 3 rings (SSSR count). The molecule has 0 radical (unpaired) electrons. The maximum absolute atomic E-state index is 12.4. The van der Waals surface area contributed by atoms with E-state index in [0.29, 0.717) is 22.9 Å². The second kappa shape index (κ2) is 7.14. The number of aliphatic hydroxyl groups excluding tert-OH is 1. The number of aliphatic hydroxyl groups is 1. The fourth-order valence-corrected chi connectivity index (χ4v) is 2.29. The standard InChI is InChI=1S/C18H17N3O4/c1-11-15(17(23)20-13-8-9-14(24-2)19-10-13)21-18(25-11)16(22)12-6-4-3-5-7-12/h3-10,16,22H,1-2H3,(H,20,23). The monoisotopic (exact) mass is 339 g/mol. The molecular formula is C18H17N3O4. The van der Waals surface area contributed by atoms with Gasteiger partial charge in [-0.05, 0) is 18.6 Å². The Bertz CT molecular complexity index is 860. The lowest BCUT2D eigenvalue weighted by atomic mass is 10.1. The summed E-state index contributed by atoms with van der Waals surface area (Å²) in [5.41, 5.74) is 1.24. The fourth-order valence-electron chi connectivity index (χ4n) is 2.29. The van der Waals surface area contributed by atoms with Crippen molar-refractivity contribution in [3.8, 4) is 5.88 Å². The molecular weight excluding hydrogens is 322 g/mol. The zero-order valence-corrected chi connectivity index (χ0v) is 13.8. The number of anilines is 1. The molecule has 0 spiro atoms. The van der Waals surface area contributed by atoms with Gasteiger partial charge in [-0.3, -0.25) is 4.79 Å². The zero-order chi connectivity index (χ0) is 17.8. The van der Waals surface area contributed by atoms with E-state index >= 15 is 0 Å². The highest BCUT2D eigenvalue weighted by Crippen LogP contribution is 2.23. The molecule has 0 saturated heterocycles. The molecule has 0 aliphatic rings. The number of nitrogens with zero attached hydrogens (tertiary/aromatic N) is 2. The summed E-state index contributed by atoms with van der Waals surface area (Å²) in [7, 11) is 1.51. The van der Waals surface area contributed by atoms with Crippen LogP contribution in [-0.4, -0.2) is 28.1 Å². The van der Waals surface area contributed by atoms with Crippen LogP contribution in [-0.2, 0) is 0 Å². The third kappa shape index (κ3) is 3.67. The number of nitrogens with one attached hydrogen (secondary N) is 1. The van der Waals surface area contributed by atoms with Gasteiger partial charge in [-0.25, -0.2) is 9.97 Å². The van der Waals surface area contributed by atoms with E-state index in [1.165, 1.54) is 13.3 Å².